The van der Waals surface area contributed by atoms with Gasteiger partial charge in [-0.2, -0.15) is 0 Å². The van der Waals surface area contributed by atoms with Crippen molar-refractivity contribution >= 4 is 0 Å². The molecule has 0 saturated heterocycles. The van der Waals surface area contributed by atoms with E-state index in [2.05, 4.69) is 19.3 Å². The van der Waals surface area contributed by atoms with E-state index in [-0.39, 0.29) is 6.10 Å². The fourth-order valence-electron chi connectivity index (χ4n) is 4.10. The highest BCUT2D eigenvalue weighted by Crippen LogP contribution is 2.38. The van der Waals surface area contributed by atoms with Crippen LogP contribution >= 0.6 is 0 Å². The average molecular weight is 289 g/mol. The quantitative estimate of drug-likeness (QED) is 0.918. The number of para-hydroxylation sites is 2. The van der Waals surface area contributed by atoms with Crippen molar-refractivity contribution in [3.05, 3.63) is 24.3 Å². The van der Waals surface area contributed by atoms with Crippen molar-refractivity contribution in [2.45, 2.75) is 51.2 Å². The molecule has 1 aliphatic carbocycles. The Balaban J connectivity index is 1.75. The highest BCUT2D eigenvalue weighted by Gasteiger charge is 2.37. The summed E-state index contributed by atoms with van der Waals surface area (Å²) >= 11 is 0. The van der Waals surface area contributed by atoms with Gasteiger partial charge < -0.3 is 14.8 Å². The molecule has 0 spiro atoms. The van der Waals surface area contributed by atoms with E-state index in [1.807, 2.05) is 24.3 Å². The van der Waals surface area contributed by atoms with Gasteiger partial charge in [0.05, 0.1) is 6.04 Å². The summed E-state index contributed by atoms with van der Waals surface area (Å²) in [7, 11) is 2.07. The minimum absolute atomic E-state index is 0.113. The lowest BCUT2D eigenvalue weighted by Crippen LogP contribution is -2.52. The summed E-state index contributed by atoms with van der Waals surface area (Å²) in [6, 6.07) is 8.37. The van der Waals surface area contributed by atoms with Gasteiger partial charge in [0.25, 0.3) is 0 Å². The van der Waals surface area contributed by atoms with Gasteiger partial charge in [-0.15, -0.1) is 0 Å². The summed E-state index contributed by atoms with van der Waals surface area (Å²) in [6.07, 6.45) is 6.80. The first-order valence-corrected chi connectivity index (χ1v) is 8.39. The standard InChI is InChI=1S/C18H27NO2/c1-3-13-8-4-5-9-14(13)18(19-2)17-12-20-15-10-6-7-11-16(15)21-17/h6-7,10-11,13-14,17-19H,3-5,8-9,12H2,1-2H3. The van der Waals surface area contributed by atoms with Gasteiger partial charge in [0.2, 0.25) is 0 Å². The molecule has 1 N–H and O–H groups in total. The minimum Gasteiger partial charge on any atom is -0.486 e. The Bertz CT molecular complexity index is 462. The molecule has 1 aliphatic heterocycles. The fraction of sp³-hybridized carbons (Fsp3) is 0.667. The molecule has 0 amide bonds. The van der Waals surface area contributed by atoms with Crippen LogP contribution in [0.15, 0.2) is 24.3 Å². The molecule has 1 aromatic carbocycles. The predicted molar refractivity (Wildman–Crippen MR) is 84.9 cm³/mol. The third kappa shape index (κ3) is 3.03. The van der Waals surface area contributed by atoms with Crippen LogP contribution in [0.5, 0.6) is 11.5 Å². The Morgan fingerprint density at radius 1 is 1.19 bits per heavy atom. The number of fused-ring (bicyclic) bond motifs is 1. The molecule has 1 heterocycles. The maximum Gasteiger partial charge on any atom is 0.161 e. The second-order valence-corrected chi connectivity index (χ2v) is 6.35. The van der Waals surface area contributed by atoms with Gasteiger partial charge in [-0.25, -0.2) is 0 Å². The van der Waals surface area contributed by atoms with Crippen LogP contribution in [0, 0.1) is 11.8 Å². The Kier molecular flexibility index (Phi) is 4.69. The number of hydrogen-bond acceptors (Lipinski definition) is 3. The van der Waals surface area contributed by atoms with Gasteiger partial charge in [-0.05, 0) is 37.4 Å². The van der Waals surface area contributed by atoms with Gasteiger partial charge in [0.15, 0.2) is 11.5 Å². The molecule has 4 unspecified atom stereocenters. The molecule has 116 valence electrons. The molecule has 1 fully saturated rings. The zero-order chi connectivity index (χ0) is 14.7. The highest BCUT2D eigenvalue weighted by atomic mass is 16.6. The van der Waals surface area contributed by atoms with Gasteiger partial charge in [-0.3, -0.25) is 0 Å². The molecule has 0 aromatic heterocycles. The van der Waals surface area contributed by atoms with Gasteiger partial charge >= 0.3 is 0 Å². The Morgan fingerprint density at radius 2 is 1.95 bits per heavy atom. The van der Waals surface area contributed by atoms with Crippen molar-refractivity contribution in [3.8, 4) is 11.5 Å². The van der Waals surface area contributed by atoms with Crippen LogP contribution in [-0.2, 0) is 0 Å². The van der Waals surface area contributed by atoms with Crippen molar-refractivity contribution in [1.82, 2.24) is 5.32 Å². The van der Waals surface area contributed by atoms with Crippen molar-refractivity contribution in [2.24, 2.45) is 11.8 Å². The predicted octanol–water partition coefficient (Wildman–Crippen LogP) is 3.63. The van der Waals surface area contributed by atoms with E-state index in [4.69, 9.17) is 9.47 Å². The number of benzene rings is 1. The number of nitrogens with one attached hydrogen (secondary N) is 1. The van der Waals surface area contributed by atoms with Crippen LogP contribution in [0.25, 0.3) is 0 Å². The van der Waals surface area contributed by atoms with E-state index in [1.165, 1.54) is 32.1 Å². The highest BCUT2D eigenvalue weighted by molar-refractivity contribution is 5.40. The van der Waals surface area contributed by atoms with Crippen LogP contribution in [0.2, 0.25) is 0 Å². The molecule has 0 bridgehead atoms. The molecular weight excluding hydrogens is 262 g/mol. The van der Waals surface area contributed by atoms with Crippen LogP contribution in [0.3, 0.4) is 0 Å². The lowest BCUT2D eigenvalue weighted by atomic mass is 9.72. The van der Waals surface area contributed by atoms with Crippen LogP contribution in [-0.4, -0.2) is 25.8 Å². The summed E-state index contributed by atoms with van der Waals surface area (Å²) in [5.41, 5.74) is 0. The summed E-state index contributed by atoms with van der Waals surface area (Å²) in [5.74, 6) is 3.28. The molecule has 3 rings (SSSR count). The average Bonchev–Trinajstić information content (AvgIpc) is 2.56. The summed E-state index contributed by atoms with van der Waals surface area (Å²) < 4.78 is 12.2. The molecule has 0 radical (unpaired) electrons. The second kappa shape index (κ2) is 6.69. The maximum absolute atomic E-state index is 6.24. The van der Waals surface area contributed by atoms with Crippen molar-refractivity contribution in [2.75, 3.05) is 13.7 Å². The first kappa shape index (κ1) is 14.7. The molecule has 21 heavy (non-hydrogen) atoms. The largest absolute Gasteiger partial charge is 0.486 e. The maximum atomic E-state index is 6.24. The van der Waals surface area contributed by atoms with E-state index in [1.54, 1.807) is 0 Å². The SMILES string of the molecule is CCC1CCCCC1C(NC)C1COc2ccccc2O1. The number of hydrogen-bond donors (Lipinski definition) is 1. The smallest absolute Gasteiger partial charge is 0.161 e. The third-order valence-corrected chi connectivity index (χ3v) is 5.22. The number of rotatable bonds is 4. The van der Waals surface area contributed by atoms with Gasteiger partial charge in [0, 0.05) is 0 Å². The Labute approximate surface area is 128 Å². The topological polar surface area (TPSA) is 30.5 Å². The Morgan fingerprint density at radius 3 is 2.71 bits per heavy atom. The lowest BCUT2D eigenvalue weighted by Gasteiger charge is -2.41. The lowest BCUT2D eigenvalue weighted by molar-refractivity contribution is 0.0246. The van der Waals surface area contributed by atoms with Crippen molar-refractivity contribution in [3.63, 3.8) is 0 Å². The van der Waals surface area contributed by atoms with Crippen LogP contribution in [0.1, 0.15) is 39.0 Å². The second-order valence-electron chi connectivity index (χ2n) is 6.35. The minimum atomic E-state index is 0.113. The number of likely N-dealkylation sites (N-methyl/N-ethyl adjacent to an activating group) is 1. The Hall–Kier alpha value is -1.22. The van der Waals surface area contributed by atoms with E-state index in [0.29, 0.717) is 18.6 Å². The first-order chi connectivity index (χ1) is 10.3. The third-order valence-electron chi connectivity index (χ3n) is 5.22. The molecule has 3 heteroatoms. The summed E-state index contributed by atoms with van der Waals surface area (Å²) in [6.45, 7) is 2.97. The molecule has 1 saturated carbocycles. The van der Waals surface area contributed by atoms with Crippen molar-refractivity contribution < 1.29 is 9.47 Å². The van der Waals surface area contributed by atoms with E-state index >= 15 is 0 Å². The van der Waals surface area contributed by atoms with E-state index < -0.39 is 0 Å². The summed E-state index contributed by atoms with van der Waals surface area (Å²) in [5, 5.41) is 3.53. The van der Waals surface area contributed by atoms with Gasteiger partial charge in [-0.1, -0.05) is 44.7 Å². The van der Waals surface area contributed by atoms with Crippen LogP contribution in [0.4, 0.5) is 0 Å². The van der Waals surface area contributed by atoms with Crippen molar-refractivity contribution in [1.29, 1.82) is 0 Å². The summed E-state index contributed by atoms with van der Waals surface area (Å²) in [4.78, 5) is 0. The zero-order valence-electron chi connectivity index (χ0n) is 13.2. The zero-order valence-corrected chi connectivity index (χ0v) is 13.2. The molecule has 4 atom stereocenters. The van der Waals surface area contributed by atoms with Crippen LogP contribution < -0.4 is 14.8 Å². The normalized spacial score (nSPS) is 29.9. The molecule has 3 nitrogen and oxygen atoms in total. The molecule has 2 aliphatic rings. The number of ether oxygens (including phenoxy) is 2. The molecular formula is C18H27NO2. The molecule has 1 aromatic rings. The van der Waals surface area contributed by atoms with E-state index in [9.17, 15) is 0 Å². The fourth-order valence-corrected chi connectivity index (χ4v) is 4.10. The van der Waals surface area contributed by atoms with E-state index in [0.717, 1.165) is 17.4 Å². The monoisotopic (exact) mass is 289 g/mol. The first-order valence-electron chi connectivity index (χ1n) is 8.39. The van der Waals surface area contributed by atoms with Gasteiger partial charge in [0.1, 0.15) is 12.7 Å².